The van der Waals surface area contributed by atoms with E-state index in [1.165, 1.54) is 11.3 Å². The van der Waals surface area contributed by atoms with Gasteiger partial charge in [-0.05, 0) is 25.0 Å². The number of rotatable bonds is 4. The molecule has 1 saturated heterocycles. The quantitative estimate of drug-likeness (QED) is 0.800. The number of nitrogens with one attached hydrogen (secondary N) is 2. The van der Waals surface area contributed by atoms with Gasteiger partial charge in [-0.1, -0.05) is 12.8 Å². The second-order valence-corrected chi connectivity index (χ2v) is 7.30. The minimum absolute atomic E-state index is 0.301. The van der Waals surface area contributed by atoms with Crippen LogP contribution in [0, 0.1) is 0 Å². The van der Waals surface area contributed by atoms with Crippen LogP contribution in [0.25, 0.3) is 11.3 Å². The second kappa shape index (κ2) is 6.49. The van der Waals surface area contributed by atoms with Crippen LogP contribution < -0.4 is 10.6 Å². The van der Waals surface area contributed by atoms with Crippen molar-refractivity contribution in [2.75, 3.05) is 11.9 Å². The monoisotopic (exact) mass is 371 g/mol. The molecular formula is C17H17N5O3S. The Morgan fingerprint density at radius 3 is 2.88 bits per heavy atom. The van der Waals surface area contributed by atoms with E-state index in [1.807, 2.05) is 17.5 Å². The third kappa shape index (κ3) is 2.94. The summed E-state index contributed by atoms with van der Waals surface area (Å²) < 4.78 is 0. The van der Waals surface area contributed by atoms with Gasteiger partial charge in [-0.15, -0.1) is 11.3 Å². The first-order chi connectivity index (χ1) is 12.6. The molecule has 4 rings (SSSR count). The van der Waals surface area contributed by atoms with Gasteiger partial charge in [0, 0.05) is 23.3 Å². The fraction of sp³-hybridized carbons (Fsp3) is 0.353. The molecule has 0 unspecified atom stereocenters. The molecule has 0 bridgehead atoms. The van der Waals surface area contributed by atoms with E-state index in [-0.39, 0.29) is 12.5 Å². The SMILES string of the molecule is O=C(CN1C(=O)NC2(CCCC2)C1=O)Nc1nc(-c2cccnc2)cs1. The molecule has 2 fully saturated rings. The molecule has 1 aliphatic heterocycles. The molecule has 8 nitrogen and oxygen atoms in total. The molecule has 3 heterocycles. The van der Waals surface area contributed by atoms with Gasteiger partial charge in [0.15, 0.2) is 5.13 Å². The van der Waals surface area contributed by atoms with E-state index >= 15 is 0 Å². The fourth-order valence-electron chi connectivity index (χ4n) is 3.42. The van der Waals surface area contributed by atoms with Crippen molar-refractivity contribution >= 4 is 34.3 Å². The number of anilines is 1. The van der Waals surface area contributed by atoms with Crippen LogP contribution in [-0.4, -0.2) is 44.8 Å². The van der Waals surface area contributed by atoms with Gasteiger partial charge >= 0.3 is 6.03 Å². The summed E-state index contributed by atoms with van der Waals surface area (Å²) in [4.78, 5) is 46.3. The summed E-state index contributed by atoms with van der Waals surface area (Å²) in [5.41, 5.74) is 0.756. The van der Waals surface area contributed by atoms with E-state index in [2.05, 4.69) is 20.6 Å². The maximum atomic E-state index is 12.6. The molecule has 134 valence electrons. The number of carbonyl (C=O) groups is 3. The summed E-state index contributed by atoms with van der Waals surface area (Å²) in [6, 6.07) is 3.19. The number of hydrogen-bond acceptors (Lipinski definition) is 6. The number of thiazole rings is 1. The van der Waals surface area contributed by atoms with Crippen molar-refractivity contribution in [2.24, 2.45) is 0 Å². The molecule has 1 spiro atoms. The first-order valence-electron chi connectivity index (χ1n) is 8.37. The molecule has 9 heteroatoms. The Bertz CT molecular complexity index is 860. The van der Waals surface area contributed by atoms with Crippen LogP contribution in [0.3, 0.4) is 0 Å². The second-order valence-electron chi connectivity index (χ2n) is 6.44. The van der Waals surface area contributed by atoms with Crippen LogP contribution in [0.15, 0.2) is 29.9 Å². The van der Waals surface area contributed by atoms with Crippen LogP contribution in [0.1, 0.15) is 25.7 Å². The Labute approximate surface area is 153 Å². The zero-order valence-corrected chi connectivity index (χ0v) is 14.7. The minimum atomic E-state index is -0.800. The predicted molar refractivity (Wildman–Crippen MR) is 95.4 cm³/mol. The molecule has 2 aliphatic rings. The molecular weight excluding hydrogens is 354 g/mol. The first-order valence-corrected chi connectivity index (χ1v) is 9.25. The fourth-order valence-corrected chi connectivity index (χ4v) is 4.15. The van der Waals surface area contributed by atoms with E-state index in [9.17, 15) is 14.4 Å². The van der Waals surface area contributed by atoms with Crippen LogP contribution in [0.5, 0.6) is 0 Å². The molecule has 2 aromatic heterocycles. The van der Waals surface area contributed by atoms with Gasteiger partial charge in [0.2, 0.25) is 5.91 Å². The predicted octanol–water partition coefficient (Wildman–Crippen LogP) is 2.01. The van der Waals surface area contributed by atoms with Crippen LogP contribution in [-0.2, 0) is 9.59 Å². The lowest BCUT2D eigenvalue weighted by atomic mass is 9.98. The number of pyridine rings is 1. The number of urea groups is 1. The number of amides is 4. The van der Waals surface area contributed by atoms with E-state index in [0.29, 0.717) is 23.7 Å². The van der Waals surface area contributed by atoms with Crippen molar-refractivity contribution in [3.8, 4) is 11.3 Å². The largest absolute Gasteiger partial charge is 0.325 e. The normalized spacial score (nSPS) is 18.4. The number of imide groups is 1. The smallest absolute Gasteiger partial charge is 0.323 e. The van der Waals surface area contributed by atoms with Gasteiger partial charge in [-0.2, -0.15) is 0 Å². The lowest BCUT2D eigenvalue weighted by Crippen LogP contribution is -2.44. The summed E-state index contributed by atoms with van der Waals surface area (Å²) in [7, 11) is 0. The van der Waals surface area contributed by atoms with Gasteiger partial charge in [-0.3, -0.25) is 19.5 Å². The standard InChI is InChI=1S/C17H17N5O3S/c23-13(9-22-14(24)17(21-16(22)25)5-1-2-6-17)20-15-19-12(10-26-15)11-4-3-7-18-8-11/h3-4,7-8,10H,1-2,5-6,9H2,(H,21,25)(H,19,20,23). The molecule has 4 amide bonds. The third-order valence-corrected chi connectivity index (χ3v) is 5.47. The van der Waals surface area contributed by atoms with Crippen LogP contribution >= 0.6 is 11.3 Å². The summed E-state index contributed by atoms with van der Waals surface area (Å²) in [5, 5.41) is 7.64. The van der Waals surface area contributed by atoms with Crippen molar-refractivity contribution in [1.82, 2.24) is 20.2 Å². The van der Waals surface area contributed by atoms with Gasteiger partial charge < -0.3 is 10.6 Å². The maximum Gasteiger partial charge on any atom is 0.325 e. The average Bonchev–Trinajstić information content (AvgIpc) is 3.34. The topological polar surface area (TPSA) is 104 Å². The van der Waals surface area contributed by atoms with Crippen LogP contribution in [0.4, 0.5) is 9.93 Å². The average molecular weight is 371 g/mol. The molecule has 2 N–H and O–H groups in total. The summed E-state index contributed by atoms with van der Waals surface area (Å²) in [5.74, 6) is -0.749. The third-order valence-electron chi connectivity index (χ3n) is 4.71. The lowest BCUT2D eigenvalue weighted by molar-refractivity contribution is -0.133. The van der Waals surface area contributed by atoms with E-state index in [1.54, 1.807) is 12.4 Å². The van der Waals surface area contributed by atoms with Gasteiger partial charge in [0.1, 0.15) is 12.1 Å². The molecule has 2 aromatic rings. The van der Waals surface area contributed by atoms with Crippen molar-refractivity contribution in [3.05, 3.63) is 29.9 Å². The Hall–Kier alpha value is -2.81. The summed E-state index contributed by atoms with van der Waals surface area (Å²) >= 11 is 1.28. The van der Waals surface area contributed by atoms with Crippen molar-refractivity contribution < 1.29 is 14.4 Å². The highest BCUT2D eigenvalue weighted by Crippen LogP contribution is 2.35. The highest BCUT2D eigenvalue weighted by atomic mass is 32.1. The van der Waals surface area contributed by atoms with E-state index in [4.69, 9.17) is 0 Å². The van der Waals surface area contributed by atoms with Crippen molar-refractivity contribution in [1.29, 1.82) is 0 Å². The van der Waals surface area contributed by atoms with E-state index < -0.39 is 17.5 Å². The number of nitrogens with zero attached hydrogens (tertiary/aromatic N) is 3. The minimum Gasteiger partial charge on any atom is -0.323 e. The summed E-state index contributed by atoms with van der Waals surface area (Å²) in [6.45, 7) is -0.311. The van der Waals surface area contributed by atoms with Gasteiger partial charge in [-0.25, -0.2) is 9.78 Å². The molecule has 0 radical (unpaired) electrons. The maximum absolute atomic E-state index is 12.6. The molecule has 1 saturated carbocycles. The molecule has 1 aliphatic carbocycles. The zero-order valence-electron chi connectivity index (χ0n) is 13.9. The highest BCUT2D eigenvalue weighted by molar-refractivity contribution is 7.14. The zero-order chi connectivity index (χ0) is 18.1. The number of hydrogen-bond donors (Lipinski definition) is 2. The number of carbonyl (C=O) groups excluding carboxylic acids is 3. The Morgan fingerprint density at radius 2 is 2.15 bits per heavy atom. The Balaban J connectivity index is 1.41. The lowest BCUT2D eigenvalue weighted by Gasteiger charge is -2.19. The molecule has 0 atom stereocenters. The first kappa shape index (κ1) is 16.6. The molecule has 0 aromatic carbocycles. The van der Waals surface area contributed by atoms with E-state index in [0.717, 1.165) is 23.3 Å². The highest BCUT2D eigenvalue weighted by Gasteiger charge is 2.52. The van der Waals surface area contributed by atoms with Gasteiger partial charge in [0.05, 0.1) is 5.69 Å². The van der Waals surface area contributed by atoms with Crippen LogP contribution in [0.2, 0.25) is 0 Å². The Kier molecular flexibility index (Phi) is 4.15. The summed E-state index contributed by atoms with van der Waals surface area (Å²) in [6.07, 6.45) is 6.45. The Morgan fingerprint density at radius 1 is 1.35 bits per heavy atom. The van der Waals surface area contributed by atoms with Crippen molar-refractivity contribution in [3.63, 3.8) is 0 Å². The molecule has 26 heavy (non-hydrogen) atoms. The van der Waals surface area contributed by atoms with Crippen molar-refractivity contribution in [2.45, 2.75) is 31.2 Å². The van der Waals surface area contributed by atoms with Gasteiger partial charge in [0.25, 0.3) is 5.91 Å². The number of aromatic nitrogens is 2.